The Morgan fingerprint density at radius 2 is 1.97 bits per heavy atom. The molecule has 3 aliphatic rings. The Morgan fingerprint density at radius 1 is 1.17 bits per heavy atom. The van der Waals surface area contributed by atoms with Crippen molar-refractivity contribution in [2.75, 3.05) is 32.0 Å². The highest BCUT2D eigenvalue weighted by atomic mass is 16.5. The first-order valence-electron chi connectivity index (χ1n) is 11.2. The molecule has 0 radical (unpaired) electrons. The molecule has 0 amide bonds. The smallest absolute Gasteiger partial charge is 0.126 e. The number of imidazole rings is 1. The van der Waals surface area contributed by atoms with Crippen molar-refractivity contribution < 1.29 is 4.74 Å². The fourth-order valence-corrected chi connectivity index (χ4v) is 5.56. The normalized spacial score (nSPS) is 29.8. The number of aromatic nitrogens is 3. The van der Waals surface area contributed by atoms with E-state index in [-0.39, 0.29) is 0 Å². The molecule has 2 saturated carbocycles. The Labute approximate surface area is 173 Å². The van der Waals surface area contributed by atoms with Gasteiger partial charge in [-0.15, -0.1) is 0 Å². The standard InChI is InChI=1S/C23H33N5O/c1-14(2)23-26-20(16-9-15(3)22(24)25-12-16)13-28(23)21-18-10-17(11-19(18)21)27-5-4-7-29-8-6-27/h9,12-14,17-19,21H,4-8,10-11H2,1-3H3,(H2,24,25)/t17?,18-,19+,21?. The zero-order valence-corrected chi connectivity index (χ0v) is 17.8. The monoisotopic (exact) mass is 395 g/mol. The van der Waals surface area contributed by atoms with Crippen LogP contribution in [0.15, 0.2) is 18.5 Å². The Kier molecular flexibility index (Phi) is 4.87. The fourth-order valence-electron chi connectivity index (χ4n) is 5.56. The van der Waals surface area contributed by atoms with Crippen molar-refractivity contribution in [2.24, 2.45) is 11.8 Å². The quantitative estimate of drug-likeness (QED) is 0.856. The van der Waals surface area contributed by atoms with E-state index in [1.807, 2.05) is 13.1 Å². The van der Waals surface area contributed by atoms with Crippen LogP contribution in [-0.4, -0.2) is 51.8 Å². The summed E-state index contributed by atoms with van der Waals surface area (Å²) in [5.74, 6) is 3.81. The summed E-state index contributed by atoms with van der Waals surface area (Å²) >= 11 is 0. The van der Waals surface area contributed by atoms with Gasteiger partial charge in [0, 0.05) is 55.7 Å². The minimum atomic E-state index is 0.409. The number of hydrogen-bond acceptors (Lipinski definition) is 5. The van der Waals surface area contributed by atoms with E-state index in [2.05, 4.69) is 40.6 Å². The van der Waals surface area contributed by atoms with Gasteiger partial charge < -0.3 is 15.0 Å². The summed E-state index contributed by atoms with van der Waals surface area (Å²) in [5.41, 5.74) is 9.00. The van der Waals surface area contributed by atoms with E-state index in [9.17, 15) is 0 Å². The van der Waals surface area contributed by atoms with Gasteiger partial charge in [0.2, 0.25) is 0 Å². The maximum atomic E-state index is 5.91. The summed E-state index contributed by atoms with van der Waals surface area (Å²) in [7, 11) is 0. The van der Waals surface area contributed by atoms with Crippen LogP contribution in [0, 0.1) is 18.8 Å². The molecule has 5 rings (SSSR count). The van der Waals surface area contributed by atoms with Crippen molar-refractivity contribution in [1.82, 2.24) is 19.4 Å². The second kappa shape index (κ2) is 7.40. The highest BCUT2D eigenvalue weighted by Crippen LogP contribution is 2.62. The zero-order valence-electron chi connectivity index (χ0n) is 17.8. The molecule has 0 aromatic carbocycles. The Bertz CT molecular complexity index is 871. The molecule has 2 unspecified atom stereocenters. The maximum Gasteiger partial charge on any atom is 0.126 e. The average Bonchev–Trinajstić information content (AvgIpc) is 3.03. The summed E-state index contributed by atoms with van der Waals surface area (Å²) < 4.78 is 8.14. The Balaban J connectivity index is 1.34. The lowest BCUT2D eigenvalue weighted by Crippen LogP contribution is -2.36. The molecule has 0 bridgehead atoms. The number of aryl methyl sites for hydroxylation is 1. The Hall–Kier alpha value is -1.92. The van der Waals surface area contributed by atoms with Gasteiger partial charge in [-0.05, 0) is 49.7 Å². The van der Waals surface area contributed by atoms with Crippen LogP contribution in [-0.2, 0) is 4.74 Å². The third kappa shape index (κ3) is 3.46. The zero-order chi connectivity index (χ0) is 20.1. The van der Waals surface area contributed by atoms with Gasteiger partial charge in [-0.1, -0.05) is 13.8 Å². The predicted octanol–water partition coefficient (Wildman–Crippen LogP) is 3.63. The van der Waals surface area contributed by atoms with Crippen molar-refractivity contribution in [1.29, 1.82) is 0 Å². The molecular formula is C23H33N5O. The molecule has 2 N–H and O–H groups in total. The topological polar surface area (TPSA) is 69.2 Å². The van der Waals surface area contributed by atoms with Crippen LogP contribution in [0.4, 0.5) is 5.82 Å². The molecule has 6 nitrogen and oxygen atoms in total. The van der Waals surface area contributed by atoms with Gasteiger partial charge in [-0.2, -0.15) is 0 Å². The molecule has 1 saturated heterocycles. The lowest BCUT2D eigenvalue weighted by atomic mass is 10.1. The number of fused-ring (bicyclic) bond motifs is 1. The summed E-state index contributed by atoms with van der Waals surface area (Å²) in [5, 5.41) is 0. The lowest BCUT2D eigenvalue weighted by Gasteiger charge is -2.29. The molecule has 6 heteroatoms. The van der Waals surface area contributed by atoms with Crippen LogP contribution in [0.3, 0.4) is 0 Å². The molecule has 2 aromatic heterocycles. The van der Waals surface area contributed by atoms with Crippen LogP contribution in [0.25, 0.3) is 11.3 Å². The van der Waals surface area contributed by atoms with Crippen LogP contribution in [0.2, 0.25) is 0 Å². The van der Waals surface area contributed by atoms with Gasteiger partial charge in [0.15, 0.2) is 0 Å². The number of pyridine rings is 1. The number of hydrogen-bond donors (Lipinski definition) is 1. The summed E-state index contributed by atoms with van der Waals surface area (Å²) in [4.78, 5) is 12.0. The van der Waals surface area contributed by atoms with Crippen LogP contribution in [0.5, 0.6) is 0 Å². The third-order valence-electron chi connectivity index (χ3n) is 7.16. The summed E-state index contributed by atoms with van der Waals surface area (Å²) in [6.07, 6.45) is 7.93. The van der Waals surface area contributed by atoms with E-state index < -0.39 is 0 Å². The highest BCUT2D eigenvalue weighted by Gasteiger charge is 2.58. The van der Waals surface area contributed by atoms with Crippen LogP contribution >= 0.6 is 0 Å². The summed E-state index contributed by atoms with van der Waals surface area (Å²) in [6, 6.07) is 3.47. The van der Waals surface area contributed by atoms with Crippen molar-refractivity contribution >= 4 is 5.82 Å². The van der Waals surface area contributed by atoms with Gasteiger partial charge in [-0.3, -0.25) is 4.90 Å². The Morgan fingerprint density at radius 3 is 2.69 bits per heavy atom. The highest BCUT2D eigenvalue weighted by molar-refractivity contribution is 5.61. The van der Waals surface area contributed by atoms with Crippen molar-refractivity contribution in [3.8, 4) is 11.3 Å². The van der Waals surface area contributed by atoms with E-state index >= 15 is 0 Å². The van der Waals surface area contributed by atoms with Gasteiger partial charge in [0.1, 0.15) is 11.6 Å². The van der Waals surface area contributed by atoms with E-state index in [0.29, 0.717) is 17.8 Å². The predicted molar refractivity (Wildman–Crippen MR) is 115 cm³/mol. The second-order valence-corrected chi connectivity index (χ2v) is 9.42. The van der Waals surface area contributed by atoms with Crippen LogP contribution in [0.1, 0.15) is 56.5 Å². The van der Waals surface area contributed by atoms with Crippen LogP contribution < -0.4 is 5.73 Å². The molecule has 3 heterocycles. The van der Waals surface area contributed by atoms with E-state index in [1.54, 1.807) is 0 Å². The molecule has 29 heavy (non-hydrogen) atoms. The molecular weight excluding hydrogens is 362 g/mol. The van der Waals surface area contributed by atoms with E-state index in [4.69, 9.17) is 15.5 Å². The molecule has 2 aliphatic carbocycles. The summed E-state index contributed by atoms with van der Waals surface area (Å²) in [6.45, 7) is 10.6. The largest absolute Gasteiger partial charge is 0.383 e. The first kappa shape index (κ1) is 19.1. The van der Waals surface area contributed by atoms with Gasteiger partial charge >= 0.3 is 0 Å². The number of nitrogen functional groups attached to an aromatic ring is 1. The molecule has 156 valence electrons. The first-order valence-corrected chi connectivity index (χ1v) is 11.2. The van der Waals surface area contributed by atoms with Crippen molar-refractivity contribution in [3.05, 3.63) is 29.8 Å². The minimum Gasteiger partial charge on any atom is -0.383 e. The molecule has 3 fully saturated rings. The van der Waals surface area contributed by atoms with Gasteiger partial charge in [0.05, 0.1) is 12.3 Å². The molecule has 0 spiro atoms. The second-order valence-electron chi connectivity index (χ2n) is 9.42. The molecule has 1 aliphatic heterocycles. The van der Waals surface area contributed by atoms with Gasteiger partial charge in [0.25, 0.3) is 0 Å². The number of nitrogens with two attached hydrogens (primary N) is 1. The maximum absolute atomic E-state index is 5.91. The number of rotatable bonds is 4. The van der Waals surface area contributed by atoms with Gasteiger partial charge in [-0.25, -0.2) is 9.97 Å². The number of anilines is 1. The van der Waals surface area contributed by atoms with Crippen molar-refractivity contribution in [2.45, 2.75) is 58.0 Å². The molecule has 4 atom stereocenters. The lowest BCUT2D eigenvalue weighted by molar-refractivity contribution is 0.128. The first-order chi connectivity index (χ1) is 14.0. The van der Waals surface area contributed by atoms with E-state index in [1.165, 1.54) is 31.6 Å². The number of nitrogens with zero attached hydrogens (tertiary/aromatic N) is 4. The fraction of sp³-hybridized carbons (Fsp3) is 0.652. The SMILES string of the molecule is Cc1cc(-c2cn(C3[C@H]4CC(N5CCCOCC5)C[C@@H]34)c(C(C)C)n2)cnc1N. The minimum absolute atomic E-state index is 0.409. The number of ether oxygens (including phenoxy) is 1. The third-order valence-corrected chi connectivity index (χ3v) is 7.16. The molecule has 2 aromatic rings. The average molecular weight is 396 g/mol. The van der Waals surface area contributed by atoms with Crippen molar-refractivity contribution in [3.63, 3.8) is 0 Å². The van der Waals surface area contributed by atoms with E-state index in [0.717, 1.165) is 54.5 Å².